The smallest absolute Gasteiger partial charge is 0.190 e. The molecule has 1 aromatic rings. The van der Waals surface area contributed by atoms with E-state index in [-0.39, 0.29) is 5.84 Å². The minimum atomic E-state index is 0.0816. The van der Waals surface area contributed by atoms with E-state index >= 15 is 0 Å². The Bertz CT molecular complexity index is 481. The number of pyridine rings is 1. The van der Waals surface area contributed by atoms with Gasteiger partial charge in [0.15, 0.2) is 5.84 Å². The molecule has 0 unspecified atom stereocenters. The summed E-state index contributed by atoms with van der Waals surface area (Å²) in [7, 11) is 0. The van der Waals surface area contributed by atoms with Crippen molar-refractivity contribution in [1.82, 2.24) is 4.98 Å². The average molecular weight is 290 g/mol. The standard InChI is InChI=1S/C16H26N4O/c1-12(2)9-11-20(13-6-3-4-7-13)14-8-5-10-18-15(14)16(17)19-21/h5,8,10,12-13,21H,3-4,6-7,9,11H2,1-2H3,(H2,17,19). The maximum absolute atomic E-state index is 8.98. The van der Waals surface area contributed by atoms with Crippen LogP contribution >= 0.6 is 0 Å². The normalized spacial score (nSPS) is 16.6. The van der Waals surface area contributed by atoms with Gasteiger partial charge in [0, 0.05) is 18.8 Å². The molecule has 0 aliphatic heterocycles. The summed E-state index contributed by atoms with van der Waals surface area (Å²) in [4.78, 5) is 6.72. The van der Waals surface area contributed by atoms with E-state index in [1.165, 1.54) is 25.7 Å². The molecular formula is C16H26N4O. The summed E-state index contributed by atoms with van der Waals surface area (Å²) in [5, 5.41) is 12.1. The van der Waals surface area contributed by atoms with E-state index in [0.717, 1.165) is 18.7 Å². The van der Waals surface area contributed by atoms with E-state index in [2.05, 4.69) is 28.9 Å². The molecule has 0 spiro atoms. The van der Waals surface area contributed by atoms with Crippen molar-refractivity contribution in [1.29, 1.82) is 0 Å². The van der Waals surface area contributed by atoms with Gasteiger partial charge in [-0.05, 0) is 37.3 Å². The van der Waals surface area contributed by atoms with Crippen molar-refractivity contribution in [3.8, 4) is 0 Å². The number of aromatic nitrogens is 1. The maximum atomic E-state index is 8.98. The van der Waals surface area contributed by atoms with Gasteiger partial charge in [0.25, 0.3) is 0 Å². The van der Waals surface area contributed by atoms with Gasteiger partial charge in [-0.1, -0.05) is 31.8 Å². The Labute approximate surface area is 126 Å². The molecule has 1 aliphatic carbocycles. The maximum Gasteiger partial charge on any atom is 0.190 e. The number of nitrogens with two attached hydrogens (primary N) is 1. The molecule has 21 heavy (non-hydrogen) atoms. The molecule has 0 radical (unpaired) electrons. The zero-order chi connectivity index (χ0) is 15.2. The Kier molecular flexibility index (Phi) is 5.42. The highest BCUT2D eigenvalue weighted by Gasteiger charge is 2.25. The fourth-order valence-corrected chi connectivity index (χ4v) is 2.99. The molecule has 0 amide bonds. The Morgan fingerprint density at radius 2 is 2.19 bits per heavy atom. The van der Waals surface area contributed by atoms with Gasteiger partial charge in [0.05, 0.1) is 5.69 Å². The lowest BCUT2D eigenvalue weighted by atomic mass is 10.1. The van der Waals surface area contributed by atoms with Crippen molar-refractivity contribution >= 4 is 11.5 Å². The first-order valence-corrected chi connectivity index (χ1v) is 7.83. The lowest BCUT2D eigenvalue weighted by Crippen LogP contribution is -2.36. The number of amidine groups is 1. The molecule has 0 aromatic carbocycles. The van der Waals surface area contributed by atoms with Crippen LogP contribution in [0.15, 0.2) is 23.5 Å². The fraction of sp³-hybridized carbons (Fsp3) is 0.625. The van der Waals surface area contributed by atoms with E-state index in [1.54, 1.807) is 6.20 Å². The van der Waals surface area contributed by atoms with E-state index in [0.29, 0.717) is 17.7 Å². The van der Waals surface area contributed by atoms with Crippen molar-refractivity contribution in [3.63, 3.8) is 0 Å². The second-order valence-electron chi connectivity index (χ2n) is 6.17. The SMILES string of the molecule is CC(C)CCN(c1cccnc1/C(N)=N/O)C1CCCC1. The van der Waals surface area contributed by atoms with Gasteiger partial charge in [-0.15, -0.1) is 0 Å². The van der Waals surface area contributed by atoms with Crippen molar-refractivity contribution < 1.29 is 5.21 Å². The average Bonchev–Trinajstić information content (AvgIpc) is 3.01. The number of hydrogen-bond acceptors (Lipinski definition) is 4. The third-order valence-electron chi connectivity index (χ3n) is 4.16. The van der Waals surface area contributed by atoms with Gasteiger partial charge in [0.2, 0.25) is 0 Å². The second kappa shape index (κ2) is 7.29. The van der Waals surface area contributed by atoms with Crippen LogP contribution in [0.2, 0.25) is 0 Å². The minimum Gasteiger partial charge on any atom is -0.409 e. The summed E-state index contributed by atoms with van der Waals surface area (Å²) >= 11 is 0. The van der Waals surface area contributed by atoms with Crippen LogP contribution in [-0.2, 0) is 0 Å². The predicted molar refractivity (Wildman–Crippen MR) is 85.8 cm³/mol. The first-order chi connectivity index (χ1) is 10.1. The van der Waals surface area contributed by atoms with Crippen LogP contribution in [0.5, 0.6) is 0 Å². The zero-order valence-electron chi connectivity index (χ0n) is 13.0. The van der Waals surface area contributed by atoms with Crippen molar-refractivity contribution in [2.45, 2.75) is 52.0 Å². The number of oxime groups is 1. The van der Waals surface area contributed by atoms with Crippen LogP contribution in [0.3, 0.4) is 0 Å². The summed E-state index contributed by atoms with van der Waals surface area (Å²) in [5.41, 5.74) is 7.36. The van der Waals surface area contributed by atoms with Crippen LogP contribution in [0.4, 0.5) is 5.69 Å². The summed E-state index contributed by atoms with van der Waals surface area (Å²) in [5.74, 6) is 0.732. The summed E-state index contributed by atoms with van der Waals surface area (Å²) < 4.78 is 0. The summed E-state index contributed by atoms with van der Waals surface area (Å²) in [6.07, 6.45) is 7.79. The highest BCUT2D eigenvalue weighted by molar-refractivity contribution is 6.00. The van der Waals surface area contributed by atoms with Gasteiger partial charge in [-0.25, -0.2) is 0 Å². The van der Waals surface area contributed by atoms with Crippen molar-refractivity contribution in [2.24, 2.45) is 16.8 Å². The Morgan fingerprint density at radius 1 is 1.48 bits per heavy atom. The lowest BCUT2D eigenvalue weighted by Gasteiger charge is -2.32. The largest absolute Gasteiger partial charge is 0.409 e. The van der Waals surface area contributed by atoms with Gasteiger partial charge >= 0.3 is 0 Å². The molecule has 1 fully saturated rings. The molecule has 1 saturated carbocycles. The molecular weight excluding hydrogens is 264 g/mol. The lowest BCUT2D eigenvalue weighted by molar-refractivity contribution is 0.318. The van der Waals surface area contributed by atoms with E-state index < -0.39 is 0 Å². The first kappa shape index (κ1) is 15.6. The highest BCUT2D eigenvalue weighted by atomic mass is 16.4. The second-order valence-corrected chi connectivity index (χ2v) is 6.17. The van der Waals surface area contributed by atoms with Gasteiger partial charge < -0.3 is 15.8 Å². The van der Waals surface area contributed by atoms with E-state index in [4.69, 9.17) is 10.9 Å². The molecule has 0 atom stereocenters. The molecule has 1 aliphatic rings. The Balaban J connectivity index is 2.31. The number of rotatable bonds is 6. The number of anilines is 1. The third-order valence-corrected chi connectivity index (χ3v) is 4.16. The molecule has 0 bridgehead atoms. The Hall–Kier alpha value is -1.78. The summed E-state index contributed by atoms with van der Waals surface area (Å²) in [6, 6.07) is 4.48. The Morgan fingerprint density at radius 3 is 2.81 bits per heavy atom. The van der Waals surface area contributed by atoms with E-state index in [9.17, 15) is 0 Å². The van der Waals surface area contributed by atoms with Crippen LogP contribution < -0.4 is 10.6 Å². The molecule has 3 N–H and O–H groups in total. The van der Waals surface area contributed by atoms with Crippen LogP contribution in [0, 0.1) is 5.92 Å². The molecule has 1 heterocycles. The highest BCUT2D eigenvalue weighted by Crippen LogP contribution is 2.30. The number of hydrogen-bond donors (Lipinski definition) is 2. The van der Waals surface area contributed by atoms with Gasteiger partial charge in [-0.3, -0.25) is 4.98 Å². The topological polar surface area (TPSA) is 74.7 Å². The van der Waals surface area contributed by atoms with Crippen LogP contribution in [-0.4, -0.2) is 28.6 Å². The molecule has 0 saturated heterocycles. The summed E-state index contributed by atoms with van der Waals surface area (Å²) in [6.45, 7) is 5.46. The number of nitrogens with zero attached hydrogens (tertiary/aromatic N) is 3. The van der Waals surface area contributed by atoms with Crippen LogP contribution in [0.25, 0.3) is 0 Å². The predicted octanol–water partition coefficient (Wildman–Crippen LogP) is 2.97. The van der Waals surface area contributed by atoms with E-state index in [1.807, 2.05) is 12.1 Å². The molecule has 5 heteroatoms. The molecule has 116 valence electrons. The van der Waals surface area contributed by atoms with Crippen LogP contribution in [0.1, 0.15) is 51.6 Å². The third kappa shape index (κ3) is 3.86. The van der Waals surface area contributed by atoms with Crippen molar-refractivity contribution in [2.75, 3.05) is 11.4 Å². The molecule has 5 nitrogen and oxygen atoms in total. The van der Waals surface area contributed by atoms with Gasteiger partial charge in [-0.2, -0.15) is 0 Å². The quantitative estimate of drug-likeness (QED) is 0.365. The molecule has 2 rings (SSSR count). The molecule has 1 aromatic heterocycles. The van der Waals surface area contributed by atoms with Gasteiger partial charge in [0.1, 0.15) is 5.69 Å². The first-order valence-electron chi connectivity index (χ1n) is 7.83. The zero-order valence-corrected chi connectivity index (χ0v) is 13.0. The van der Waals surface area contributed by atoms with Crippen molar-refractivity contribution in [3.05, 3.63) is 24.0 Å². The monoisotopic (exact) mass is 290 g/mol. The minimum absolute atomic E-state index is 0.0816. The fourth-order valence-electron chi connectivity index (χ4n) is 2.99.